The summed E-state index contributed by atoms with van der Waals surface area (Å²) in [7, 11) is 1.36. The molecule has 0 spiro atoms. The molecule has 1 saturated carbocycles. The first kappa shape index (κ1) is 15.9. The van der Waals surface area contributed by atoms with E-state index in [1.807, 2.05) is 6.07 Å². The van der Waals surface area contributed by atoms with Crippen LogP contribution in [0.4, 0.5) is 0 Å². The first-order valence-electron chi connectivity index (χ1n) is 7.62. The smallest absolute Gasteiger partial charge is 0.339 e. The fraction of sp³-hybridized carbons (Fsp3) is 0.625. The summed E-state index contributed by atoms with van der Waals surface area (Å²) in [6.07, 6.45) is 7.79. The normalized spacial score (nSPS) is 16.1. The van der Waals surface area contributed by atoms with Crippen molar-refractivity contribution in [1.29, 1.82) is 0 Å². The minimum Gasteiger partial charge on any atom is -0.465 e. The average Bonchev–Trinajstić information content (AvgIpc) is 2.55. The highest BCUT2D eigenvalue weighted by Gasteiger charge is 2.21. The third kappa shape index (κ3) is 4.51. The molecule has 0 atom stereocenters. The molecular formula is C16H24N2O3. The second-order valence-corrected chi connectivity index (χ2v) is 5.52. The number of hydrogen-bond acceptors (Lipinski definition) is 5. The number of aliphatic hydroxyl groups is 1. The van der Waals surface area contributed by atoms with E-state index in [0.717, 1.165) is 5.69 Å². The Bertz CT molecular complexity index is 441. The van der Waals surface area contributed by atoms with Crippen molar-refractivity contribution in [2.75, 3.05) is 20.3 Å². The Hall–Kier alpha value is -1.46. The van der Waals surface area contributed by atoms with Crippen molar-refractivity contribution >= 4 is 5.97 Å². The van der Waals surface area contributed by atoms with Crippen LogP contribution in [-0.2, 0) is 11.3 Å². The Morgan fingerprint density at radius 1 is 1.38 bits per heavy atom. The van der Waals surface area contributed by atoms with E-state index in [-0.39, 0.29) is 12.6 Å². The number of hydrogen-bond donors (Lipinski definition) is 1. The summed E-state index contributed by atoms with van der Waals surface area (Å²) in [5.41, 5.74) is 1.38. The van der Waals surface area contributed by atoms with Gasteiger partial charge in [-0.3, -0.25) is 9.88 Å². The van der Waals surface area contributed by atoms with Crippen molar-refractivity contribution in [3.63, 3.8) is 0 Å². The number of carbonyl (C=O) groups excluding carboxylic acids is 1. The molecule has 5 nitrogen and oxygen atoms in total. The van der Waals surface area contributed by atoms with E-state index in [1.54, 1.807) is 12.3 Å². The van der Waals surface area contributed by atoms with Crippen LogP contribution >= 0.6 is 0 Å². The molecule has 1 heterocycles. The lowest BCUT2D eigenvalue weighted by atomic mass is 9.94. The highest BCUT2D eigenvalue weighted by Crippen LogP contribution is 2.23. The minimum atomic E-state index is -0.367. The third-order valence-electron chi connectivity index (χ3n) is 4.09. The zero-order valence-corrected chi connectivity index (χ0v) is 12.6. The van der Waals surface area contributed by atoms with E-state index in [0.29, 0.717) is 24.7 Å². The second kappa shape index (κ2) is 8.10. The van der Waals surface area contributed by atoms with Crippen LogP contribution in [0.25, 0.3) is 0 Å². The molecule has 1 aromatic heterocycles. The summed E-state index contributed by atoms with van der Waals surface area (Å²) in [5.74, 6) is -0.367. The van der Waals surface area contributed by atoms with Gasteiger partial charge >= 0.3 is 5.97 Å². The maximum Gasteiger partial charge on any atom is 0.339 e. The Morgan fingerprint density at radius 3 is 2.71 bits per heavy atom. The highest BCUT2D eigenvalue weighted by molar-refractivity contribution is 5.88. The van der Waals surface area contributed by atoms with Crippen LogP contribution in [0.3, 0.4) is 0 Å². The summed E-state index contributed by atoms with van der Waals surface area (Å²) in [4.78, 5) is 18.0. The van der Waals surface area contributed by atoms with Gasteiger partial charge in [-0.15, -0.1) is 0 Å². The van der Waals surface area contributed by atoms with E-state index >= 15 is 0 Å². The molecule has 0 aromatic carbocycles. The predicted molar refractivity (Wildman–Crippen MR) is 79.9 cm³/mol. The van der Waals surface area contributed by atoms with Gasteiger partial charge in [-0.25, -0.2) is 4.79 Å². The van der Waals surface area contributed by atoms with Gasteiger partial charge in [0.05, 0.1) is 25.0 Å². The van der Waals surface area contributed by atoms with E-state index in [1.165, 1.54) is 39.2 Å². The molecule has 1 aliphatic rings. The monoisotopic (exact) mass is 292 g/mol. The van der Waals surface area contributed by atoms with E-state index in [2.05, 4.69) is 14.6 Å². The van der Waals surface area contributed by atoms with Gasteiger partial charge in [0.2, 0.25) is 0 Å². The maximum atomic E-state index is 11.4. The van der Waals surface area contributed by atoms with E-state index in [9.17, 15) is 9.90 Å². The lowest BCUT2D eigenvalue weighted by molar-refractivity contribution is 0.0600. The Labute approximate surface area is 125 Å². The zero-order chi connectivity index (χ0) is 15.1. The van der Waals surface area contributed by atoms with Crippen molar-refractivity contribution < 1.29 is 14.6 Å². The summed E-state index contributed by atoms with van der Waals surface area (Å²) in [5, 5.41) is 9.27. The van der Waals surface area contributed by atoms with Gasteiger partial charge in [0.15, 0.2) is 0 Å². The van der Waals surface area contributed by atoms with Crippen molar-refractivity contribution in [3.05, 3.63) is 29.6 Å². The van der Waals surface area contributed by atoms with Crippen molar-refractivity contribution in [1.82, 2.24) is 9.88 Å². The average molecular weight is 292 g/mol. The third-order valence-corrected chi connectivity index (χ3v) is 4.09. The van der Waals surface area contributed by atoms with Gasteiger partial charge in [-0.1, -0.05) is 19.3 Å². The molecule has 0 aliphatic heterocycles. The van der Waals surface area contributed by atoms with E-state index < -0.39 is 0 Å². The largest absolute Gasteiger partial charge is 0.465 e. The molecule has 21 heavy (non-hydrogen) atoms. The lowest BCUT2D eigenvalue weighted by Crippen LogP contribution is -2.38. The number of ether oxygens (including phenoxy) is 1. The van der Waals surface area contributed by atoms with Crippen LogP contribution in [0, 0.1) is 0 Å². The van der Waals surface area contributed by atoms with Crippen LogP contribution in [0.1, 0.15) is 48.2 Å². The topological polar surface area (TPSA) is 62.7 Å². The summed E-state index contributed by atoms with van der Waals surface area (Å²) in [6, 6.07) is 4.14. The molecule has 0 amide bonds. The summed E-state index contributed by atoms with van der Waals surface area (Å²) >= 11 is 0. The Morgan fingerprint density at radius 2 is 2.14 bits per heavy atom. The van der Waals surface area contributed by atoms with Crippen LogP contribution in [0.5, 0.6) is 0 Å². The second-order valence-electron chi connectivity index (χ2n) is 5.52. The molecule has 116 valence electrons. The number of pyridine rings is 1. The minimum absolute atomic E-state index is 0.163. The number of rotatable bonds is 6. The molecule has 1 N–H and O–H groups in total. The van der Waals surface area contributed by atoms with Gasteiger partial charge in [0.25, 0.3) is 0 Å². The standard InChI is InChI=1S/C16H24N2O3/c1-21-16(20)13-7-8-14(17-11-13)12-18(9-10-19)15-5-3-2-4-6-15/h7-8,11,15,19H,2-6,9-10,12H2,1H3. The quantitative estimate of drug-likeness (QED) is 0.813. The molecule has 2 rings (SSSR count). The van der Waals surface area contributed by atoms with Crippen LogP contribution in [0.2, 0.25) is 0 Å². The van der Waals surface area contributed by atoms with Gasteiger partial charge in [0, 0.05) is 25.3 Å². The number of carbonyl (C=O) groups is 1. The van der Waals surface area contributed by atoms with Crippen LogP contribution in [0.15, 0.2) is 18.3 Å². The molecule has 1 fully saturated rings. The first-order valence-corrected chi connectivity index (χ1v) is 7.62. The molecule has 0 unspecified atom stereocenters. The number of nitrogens with zero attached hydrogens (tertiary/aromatic N) is 2. The van der Waals surface area contributed by atoms with Gasteiger partial charge in [0.1, 0.15) is 0 Å². The van der Waals surface area contributed by atoms with Gasteiger partial charge in [-0.05, 0) is 25.0 Å². The number of aromatic nitrogens is 1. The predicted octanol–water partition coefficient (Wildman–Crippen LogP) is 2.00. The molecular weight excluding hydrogens is 268 g/mol. The van der Waals surface area contributed by atoms with Crippen molar-refractivity contribution in [3.8, 4) is 0 Å². The fourth-order valence-corrected chi connectivity index (χ4v) is 2.93. The number of methoxy groups -OCH3 is 1. The number of esters is 1. The summed E-state index contributed by atoms with van der Waals surface area (Å²) < 4.78 is 4.67. The van der Waals surface area contributed by atoms with Crippen molar-refractivity contribution in [2.24, 2.45) is 0 Å². The molecule has 0 radical (unpaired) electrons. The molecule has 5 heteroatoms. The lowest BCUT2D eigenvalue weighted by Gasteiger charge is -2.33. The fourth-order valence-electron chi connectivity index (χ4n) is 2.93. The molecule has 1 aliphatic carbocycles. The van der Waals surface area contributed by atoms with Crippen LogP contribution in [-0.4, -0.2) is 47.3 Å². The van der Waals surface area contributed by atoms with Gasteiger partial charge in [-0.2, -0.15) is 0 Å². The molecule has 0 bridgehead atoms. The zero-order valence-electron chi connectivity index (χ0n) is 12.6. The van der Waals surface area contributed by atoms with E-state index in [4.69, 9.17) is 0 Å². The SMILES string of the molecule is COC(=O)c1ccc(CN(CCO)C2CCCCC2)nc1. The van der Waals surface area contributed by atoms with Crippen molar-refractivity contribution in [2.45, 2.75) is 44.7 Å². The molecule has 1 aromatic rings. The highest BCUT2D eigenvalue weighted by atomic mass is 16.5. The summed E-state index contributed by atoms with van der Waals surface area (Å²) in [6.45, 7) is 1.55. The molecule has 0 saturated heterocycles. The van der Waals surface area contributed by atoms with Gasteiger partial charge < -0.3 is 9.84 Å². The first-order chi connectivity index (χ1) is 10.2. The Balaban J connectivity index is 2.00. The number of aliphatic hydroxyl groups excluding tert-OH is 1. The van der Waals surface area contributed by atoms with Crippen LogP contribution < -0.4 is 0 Å². The Kier molecular flexibility index (Phi) is 6.14. The maximum absolute atomic E-state index is 11.4.